The van der Waals surface area contributed by atoms with E-state index in [2.05, 4.69) is 4.72 Å². The molecule has 0 amide bonds. The van der Waals surface area contributed by atoms with E-state index in [1.54, 1.807) is 18.2 Å². The fraction of sp³-hybridized carbons (Fsp3) is 0.444. The third-order valence-corrected chi connectivity index (χ3v) is 5.92. The standard InChI is InChI=1S/C18H23NO3S/c1-14-7-10-17(22-14)13-19-23(20,21)18-11-8-16(9-12-18)15-5-3-2-4-6-15/h7-12,15,19H,2-6,13H2,1H3. The molecule has 0 atom stereocenters. The minimum absolute atomic E-state index is 0.167. The molecule has 1 fully saturated rings. The van der Waals surface area contributed by atoms with Crippen LogP contribution in [0, 0.1) is 6.92 Å². The Labute approximate surface area is 138 Å². The Morgan fingerprint density at radius 3 is 2.35 bits per heavy atom. The van der Waals surface area contributed by atoms with Crippen molar-refractivity contribution in [3.63, 3.8) is 0 Å². The number of benzene rings is 1. The molecule has 1 saturated carbocycles. The lowest BCUT2D eigenvalue weighted by Gasteiger charge is -2.22. The quantitative estimate of drug-likeness (QED) is 0.895. The molecule has 1 N–H and O–H groups in total. The van der Waals surface area contributed by atoms with Gasteiger partial charge in [0.25, 0.3) is 0 Å². The van der Waals surface area contributed by atoms with Gasteiger partial charge in [-0.15, -0.1) is 0 Å². The molecule has 5 heteroatoms. The SMILES string of the molecule is Cc1ccc(CNS(=O)(=O)c2ccc(C3CCCCC3)cc2)o1. The molecule has 1 aromatic carbocycles. The van der Waals surface area contributed by atoms with Gasteiger partial charge in [-0.1, -0.05) is 31.4 Å². The average Bonchev–Trinajstić information content (AvgIpc) is 3.00. The zero-order chi connectivity index (χ0) is 16.3. The molecule has 0 aliphatic heterocycles. The molecule has 1 aromatic heterocycles. The van der Waals surface area contributed by atoms with Crippen LogP contribution in [0.5, 0.6) is 0 Å². The lowest BCUT2D eigenvalue weighted by molar-refractivity contribution is 0.443. The molecule has 2 aromatic rings. The maximum Gasteiger partial charge on any atom is 0.240 e. The Morgan fingerprint density at radius 1 is 1.04 bits per heavy atom. The van der Waals surface area contributed by atoms with Crippen molar-refractivity contribution in [2.24, 2.45) is 0 Å². The highest BCUT2D eigenvalue weighted by Gasteiger charge is 2.18. The Morgan fingerprint density at radius 2 is 1.74 bits per heavy atom. The van der Waals surface area contributed by atoms with Crippen molar-refractivity contribution in [2.75, 3.05) is 0 Å². The molecule has 124 valence electrons. The number of hydrogen-bond donors (Lipinski definition) is 1. The van der Waals surface area contributed by atoms with Crippen LogP contribution < -0.4 is 4.72 Å². The van der Waals surface area contributed by atoms with Gasteiger partial charge in [-0.25, -0.2) is 13.1 Å². The first-order chi connectivity index (χ1) is 11.0. The van der Waals surface area contributed by atoms with Crippen molar-refractivity contribution in [3.8, 4) is 0 Å². The van der Waals surface area contributed by atoms with Crippen LogP contribution in [0.3, 0.4) is 0 Å². The summed E-state index contributed by atoms with van der Waals surface area (Å²) < 4.78 is 32.7. The summed E-state index contributed by atoms with van der Waals surface area (Å²) in [4.78, 5) is 0.306. The van der Waals surface area contributed by atoms with E-state index in [9.17, 15) is 8.42 Å². The molecule has 0 saturated heterocycles. The van der Waals surface area contributed by atoms with Crippen LogP contribution in [-0.2, 0) is 16.6 Å². The summed E-state index contributed by atoms with van der Waals surface area (Å²) in [6.07, 6.45) is 6.28. The molecule has 1 aliphatic carbocycles. The highest BCUT2D eigenvalue weighted by molar-refractivity contribution is 7.89. The van der Waals surface area contributed by atoms with Gasteiger partial charge in [0.05, 0.1) is 11.4 Å². The van der Waals surface area contributed by atoms with E-state index in [1.165, 1.54) is 37.7 Å². The second-order valence-corrected chi connectivity index (χ2v) is 8.01. The summed E-state index contributed by atoms with van der Waals surface area (Å²) in [6.45, 7) is 2.00. The van der Waals surface area contributed by atoms with Crippen molar-refractivity contribution >= 4 is 10.0 Å². The zero-order valence-electron chi connectivity index (χ0n) is 13.4. The summed E-state index contributed by atoms with van der Waals surface area (Å²) in [5.74, 6) is 1.97. The molecule has 23 heavy (non-hydrogen) atoms. The van der Waals surface area contributed by atoms with Crippen molar-refractivity contribution in [1.29, 1.82) is 0 Å². The second kappa shape index (κ2) is 6.89. The zero-order valence-corrected chi connectivity index (χ0v) is 14.2. The third-order valence-electron chi connectivity index (χ3n) is 4.50. The Kier molecular flexibility index (Phi) is 4.87. The number of hydrogen-bond acceptors (Lipinski definition) is 3. The molecule has 0 spiro atoms. The number of nitrogens with one attached hydrogen (secondary N) is 1. The summed E-state index contributed by atoms with van der Waals surface area (Å²) in [5, 5.41) is 0. The molecule has 0 bridgehead atoms. The molecule has 4 nitrogen and oxygen atoms in total. The summed E-state index contributed by atoms with van der Waals surface area (Å²) in [5.41, 5.74) is 1.25. The van der Waals surface area contributed by atoms with Crippen LogP contribution in [-0.4, -0.2) is 8.42 Å². The first-order valence-electron chi connectivity index (χ1n) is 8.19. The number of sulfonamides is 1. The summed E-state index contributed by atoms with van der Waals surface area (Å²) in [6, 6.07) is 10.9. The fourth-order valence-electron chi connectivity index (χ4n) is 3.18. The molecule has 0 radical (unpaired) electrons. The molecule has 0 unspecified atom stereocenters. The van der Waals surface area contributed by atoms with Crippen LogP contribution in [0.2, 0.25) is 0 Å². The maximum absolute atomic E-state index is 12.3. The number of rotatable bonds is 5. The van der Waals surface area contributed by atoms with E-state index < -0.39 is 10.0 Å². The highest BCUT2D eigenvalue weighted by Crippen LogP contribution is 2.32. The topological polar surface area (TPSA) is 59.3 Å². The number of furan rings is 1. The molecule has 1 aliphatic rings. The normalized spacial score (nSPS) is 16.6. The van der Waals surface area contributed by atoms with Gasteiger partial charge in [-0.05, 0) is 55.5 Å². The molecular formula is C18H23NO3S. The largest absolute Gasteiger partial charge is 0.465 e. The maximum atomic E-state index is 12.3. The highest BCUT2D eigenvalue weighted by atomic mass is 32.2. The Hall–Kier alpha value is -1.59. The number of aryl methyl sites for hydroxylation is 1. The van der Waals surface area contributed by atoms with Crippen LogP contribution in [0.25, 0.3) is 0 Å². The van der Waals surface area contributed by atoms with E-state index in [-0.39, 0.29) is 6.54 Å². The van der Waals surface area contributed by atoms with Crippen molar-refractivity contribution in [3.05, 3.63) is 53.5 Å². The van der Waals surface area contributed by atoms with E-state index >= 15 is 0 Å². The van der Waals surface area contributed by atoms with E-state index in [0.717, 1.165) is 5.76 Å². The van der Waals surface area contributed by atoms with Crippen LogP contribution in [0.15, 0.2) is 45.7 Å². The summed E-state index contributed by atoms with van der Waals surface area (Å²) in [7, 11) is -3.51. The van der Waals surface area contributed by atoms with Gasteiger partial charge in [-0.2, -0.15) is 0 Å². The van der Waals surface area contributed by atoms with Crippen molar-refractivity contribution in [2.45, 2.75) is 56.4 Å². The van der Waals surface area contributed by atoms with Gasteiger partial charge < -0.3 is 4.42 Å². The van der Waals surface area contributed by atoms with Crippen LogP contribution >= 0.6 is 0 Å². The predicted molar refractivity (Wildman–Crippen MR) is 89.7 cm³/mol. The first-order valence-corrected chi connectivity index (χ1v) is 9.68. The van der Waals surface area contributed by atoms with Gasteiger partial charge in [0.2, 0.25) is 10.0 Å². The van der Waals surface area contributed by atoms with Gasteiger partial charge in [0.15, 0.2) is 0 Å². The fourth-order valence-corrected chi connectivity index (χ4v) is 4.18. The lowest BCUT2D eigenvalue weighted by atomic mass is 9.84. The van der Waals surface area contributed by atoms with Gasteiger partial charge in [0, 0.05) is 0 Å². The summed E-state index contributed by atoms with van der Waals surface area (Å²) >= 11 is 0. The molecule has 1 heterocycles. The first kappa shape index (κ1) is 16.3. The van der Waals surface area contributed by atoms with Crippen molar-refractivity contribution < 1.29 is 12.8 Å². The Balaban J connectivity index is 1.67. The van der Waals surface area contributed by atoms with Gasteiger partial charge in [0.1, 0.15) is 11.5 Å². The smallest absolute Gasteiger partial charge is 0.240 e. The lowest BCUT2D eigenvalue weighted by Crippen LogP contribution is -2.23. The Bertz CT molecular complexity index is 741. The minimum atomic E-state index is -3.51. The van der Waals surface area contributed by atoms with E-state index in [0.29, 0.717) is 16.6 Å². The molecule has 3 rings (SSSR count). The third kappa shape index (κ3) is 4.03. The van der Waals surface area contributed by atoms with E-state index in [4.69, 9.17) is 4.42 Å². The molecular weight excluding hydrogens is 310 g/mol. The minimum Gasteiger partial charge on any atom is -0.465 e. The van der Waals surface area contributed by atoms with Crippen LogP contribution in [0.4, 0.5) is 0 Å². The van der Waals surface area contributed by atoms with Crippen LogP contribution in [0.1, 0.15) is 55.1 Å². The van der Waals surface area contributed by atoms with E-state index in [1.807, 2.05) is 25.1 Å². The van der Waals surface area contributed by atoms with Gasteiger partial charge in [-0.3, -0.25) is 0 Å². The van der Waals surface area contributed by atoms with Crippen molar-refractivity contribution in [1.82, 2.24) is 4.72 Å². The average molecular weight is 333 g/mol. The predicted octanol–water partition coefficient (Wildman–Crippen LogP) is 4.11. The second-order valence-electron chi connectivity index (χ2n) is 6.24. The van der Waals surface area contributed by atoms with Gasteiger partial charge >= 0.3 is 0 Å². The monoisotopic (exact) mass is 333 g/mol.